The van der Waals surface area contributed by atoms with E-state index in [1.54, 1.807) is 19.1 Å². The predicted molar refractivity (Wildman–Crippen MR) is 105 cm³/mol. The third-order valence-electron chi connectivity index (χ3n) is 3.28. The van der Waals surface area contributed by atoms with E-state index in [9.17, 15) is 22.4 Å². The molecule has 0 aliphatic heterocycles. The van der Waals surface area contributed by atoms with Crippen LogP contribution in [0.15, 0.2) is 42.9 Å². The van der Waals surface area contributed by atoms with Crippen LogP contribution in [0.1, 0.15) is 49.7 Å². The highest BCUT2D eigenvalue weighted by Gasteiger charge is 2.41. The predicted octanol–water partition coefficient (Wildman–Crippen LogP) is 3.99. The van der Waals surface area contributed by atoms with Gasteiger partial charge in [-0.05, 0) is 45.4 Å². The van der Waals surface area contributed by atoms with Gasteiger partial charge in [0.2, 0.25) is 5.88 Å². The average Bonchev–Trinajstić information content (AvgIpc) is 2.66. The summed E-state index contributed by atoms with van der Waals surface area (Å²) in [6, 6.07) is 5.47. The Morgan fingerprint density at radius 1 is 1.17 bits per heavy atom. The highest BCUT2D eigenvalue weighted by atomic mass is 19.3. The molecule has 0 fully saturated rings. The van der Waals surface area contributed by atoms with Gasteiger partial charge in [-0.1, -0.05) is 6.07 Å². The number of halogens is 4. The minimum atomic E-state index is -4.24. The van der Waals surface area contributed by atoms with Crippen LogP contribution >= 0.6 is 0 Å². The lowest BCUT2D eigenvalue weighted by Crippen LogP contribution is -2.33. The van der Waals surface area contributed by atoms with Crippen molar-refractivity contribution >= 4 is 5.91 Å². The summed E-state index contributed by atoms with van der Waals surface area (Å²) >= 11 is 0. The molecule has 0 aliphatic carbocycles. The summed E-state index contributed by atoms with van der Waals surface area (Å²) in [6.45, 7) is 6.14. The van der Waals surface area contributed by atoms with Gasteiger partial charge in [-0.3, -0.25) is 9.78 Å². The molecule has 2 aromatic heterocycles. The summed E-state index contributed by atoms with van der Waals surface area (Å²) < 4.78 is 54.3. The van der Waals surface area contributed by atoms with Crippen molar-refractivity contribution in [2.75, 3.05) is 6.61 Å². The molecular formula is C20H26F4N4O2. The molecule has 0 aromatic carbocycles. The number of alkyl halides is 4. The molecule has 2 heterocycles. The number of carbonyl (C=O) groups is 1. The second-order valence-corrected chi connectivity index (χ2v) is 7.58. The molecule has 166 valence electrons. The van der Waals surface area contributed by atoms with Crippen LogP contribution in [0, 0.1) is 0 Å². The number of carbonyl (C=O) groups excluding carboxylic acids is 1. The molecule has 3 N–H and O–H groups in total. The lowest BCUT2D eigenvalue weighted by atomic mass is 10.1. The average molecular weight is 430 g/mol. The van der Waals surface area contributed by atoms with Crippen LogP contribution in [0.5, 0.6) is 5.88 Å². The van der Waals surface area contributed by atoms with Gasteiger partial charge in [0.1, 0.15) is 0 Å². The molecule has 10 heteroatoms. The van der Waals surface area contributed by atoms with Crippen LogP contribution in [-0.4, -0.2) is 40.4 Å². The van der Waals surface area contributed by atoms with E-state index in [1.807, 2.05) is 20.8 Å². The maximum Gasteiger partial charge on any atom is 0.340 e. The van der Waals surface area contributed by atoms with Crippen molar-refractivity contribution in [1.29, 1.82) is 0 Å². The van der Waals surface area contributed by atoms with E-state index < -0.39 is 25.0 Å². The number of aromatic nitrogens is 2. The zero-order chi connectivity index (χ0) is 22.9. The number of amides is 1. The van der Waals surface area contributed by atoms with Crippen molar-refractivity contribution in [2.24, 2.45) is 5.73 Å². The SMILES string of the molecule is CC(C)(C)N.CC(NC(=O)c1ccncc1)c1ccc(OCC(F)(F)C(F)F)nc1. The standard InChI is InChI=1S/C16H15F4N3O2.C4H11N/c1-10(23-14(24)11-4-6-21-7-5-11)12-2-3-13(22-8-12)25-9-16(19,20)15(17)18;1-4(2,3)5/h2-8,10,15H,9H2,1H3,(H,23,24);5H2,1-3H3. The van der Waals surface area contributed by atoms with E-state index in [0.717, 1.165) is 0 Å². The zero-order valence-electron chi connectivity index (χ0n) is 17.2. The number of nitrogens with one attached hydrogen (secondary N) is 1. The molecule has 1 amide bonds. The van der Waals surface area contributed by atoms with Crippen LogP contribution < -0.4 is 15.8 Å². The fraction of sp³-hybridized carbons (Fsp3) is 0.450. The molecule has 6 nitrogen and oxygen atoms in total. The summed E-state index contributed by atoms with van der Waals surface area (Å²) in [6.07, 6.45) is 0.480. The topological polar surface area (TPSA) is 90.1 Å². The number of rotatable bonds is 7. The first-order chi connectivity index (χ1) is 13.8. The molecule has 2 rings (SSSR count). The summed E-state index contributed by atoms with van der Waals surface area (Å²) in [5.74, 6) is -4.77. The molecular weight excluding hydrogens is 404 g/mol. The van der Waals surface area contributed by atoms with E-state index in [1.165, 1.54) is 30.7 Å². The molecule has 1 unspecified atom stereocenters. The quantitative estimate of drug-likeness (QED) is 0.649. The van der Waals surface area contributed by atoms with Gasteiger partial charge in [-0.25, -0.2) is 13.8 Å². The zero-order valence-corrected chi connectivity index (χ0v) is 17.2. The van der Waals surface area contributed by atoms with Gasteiger partial charge in [0, 0.05) is 35.8 Å². The number of hydrogen-bond acceptors (Lipinski definition) is 5. The highest BCUT2D eigenvalue weighted by molar-refractivity contribution is 5.94. The van der Waals surface area contributed by atoms with Crippen molar-refractivity contribution in [3.8, 4) is 5.88 Å². The maximum atomic E-state index is 12.8. The molecule has 2 aromatic rings. The number of nitrogens with two attached hydrogens (primary N) is 1. The third kappa shape index (κ3) is 9.64. The van der Waals surface area contributed by atoms with E-state index in [0.29, 0.717) is 11.1 Å². The van der Waals surface area contributed by atoms with Crippen LogP contribution in [0.4, 0.5) is 17.6 Å². The van der Waals surface area contributed by atoms with Crippen LogP contribution in [0.25, 0.3) is 0 Å². The van der Waals surface area contributed by atoms with Crippen LogP contribution in [-0.2, 0) is 0 Å². The van der Waals surface area contributed by atoms with Crippen LogP contribution in [0.2, 0.25) is 0 Å². The van der Waals surface area contributed by atoms with Gasteiger partial charge < -0.3 is 15.8 Å². The molecule has 0 radical (unpaired) electrons. The van der Waals surface area contributed by atoms with Gasteiger partial charge >= 0.3 is 12.3 Å². The minimum Gasteiger partial charge on any atom is -0.471 e. The minimum absolute atomic E-state index is 0. The number of pyridine rings is 2. The lowest BCUT2D eigenvalue weighted by molar-refractivity contribution is -0.148. The molecule has 0 saturated heterocycles. The Morgan fingerprint density at radius 3 is 2.20 bits per heavy atom. The first-order valence-electron chi connectivity index (χ1n) is 9.04. The van der Waals surface area contributed by atoms with Crippen molar-refractivity contribution in [1.82, 2.24) is 15.3 Å². The number of ether oxygens (including phenoxy) is 1. The van der Waals surface area contributed by atoms with Crippen molar-refractivity contribution in [3.05, 3.63) is 54.0 Å². The normalized spacial score (nSPS) is 12.6. The van der Waals surface area contributed by atoms with Gasteiger partial charge in [0.05, 0.1) is 6.04 Å². The first kappa shape index (κ1) is 25.3. The van der Waals surface area contributed by atoms with E-state index in [2.05, 4.69) is 20.0 Å². The smallest absolute Gasteiger partial charge is 0.340 e. The molecule has 0 bridgehead atoms. The van der Waals surface area contributed by atoms with Gasteiger partial charge in [0.25, 0.3) is 5.91 Å². The number of nitrogens with zero attached hydrogens (tertiary/aromatic N) is 2. The molecule has 0 saturated carbocycles. The molecule has 0 spiro atoms. The van der Waals surface area contributed by atoms with Crippen LogP contribution in [0.3, 0.4) is 0 Å². The summed E-state index contributed by atoms with van der Waals surface area (Å²) in [5, 5.41) is 2.74. The van der Waals surface area contributed by atoms with E-state index in [-0.39, 0.29) is 17.3 Å². The fourth-order valence-corrected chi connectivity index (χ4v) is 1.83. The molecule has 1 atom stereocenters. The Bertz CT molecular complexity index is 776. The fourth-order valence-electron chi connectivity index (χ4n) is 1.83. The van der Waals surface area contributed by atoms with E-state index in [4.69, 9.17) is 5.73 Å². The third-order valence-corrected chi connectivity index (χ3v) is 3.28. The number of hydrogen-bond donors (Lipinski definition) is 2. The highest BCUT2D eigenvalue weighted by Crippen LogP contribution is 2.24. The van der Waals surface area contributed by atoms with E-state index >= 15 is 0 Å². The Morgan fingerprint density at radius 2 is 1.73 bits per heavy atom. The summed E-state index contributed by atoms with van der Waals surface area (Å²) in [5.41, 5.74) is 6.38. The van der Waals surface area contributed by atoms with Gasteiger partial charge in [-0.2, -0.15) is 8.78 Å². The molecule has 30 heavy (non-hydrogen) atoms. The maximum absolute atomic E-state index is 12.8. The second-order valence-electron chi connectivity index (χ2n) is 7.58. The summed E-state index contributed by atoms with van der Waals surface area (Å²) in [4.78, 5) is 19.6. The Balaban J connectivity index is 0.000000804. The van der Waals surface area contributed by atoms with Crippen molar-refractivity contribution in [2.45, 2.75) is 51.6 Å². The molecule has 0 aliphatic rings. The van der Waals surface area contributed by atoms with Crippen molar-refractivity contribution in [3.63, 3.8) is 0 Å². The van der Waals surface area contributed by atoms with Gasteiger partial charge in [0.15, 0.2) is 6.61 Å². The van der Waals surface area contributed by atoms with Gasteiger partial charge in [-0.15, -0.1) is 0 Å². The largest absolute Gasteiger partial charge is 0.471 e. The Kier molecular flexibility index (Phi) is 9.16. The first-order valence-corrected chi connectivity index (χ1v) is 9.04. The lowest BCUT2D eigenvalue weighted by Gasteiger charge is -2.16. The van der Waals surface area contributed by atoms with Crippen molar-refractivity contribution < 1.29 is 27.1 Å². The Hall–Kier alpha value is -2.75. The summed E-state index contributed by atoms with van der Waals surface area (Å²) in [7, 11) is 0. The Labute approximate surface area is 172 Å². The monoisotopic (exact) mass is 430 g/mol. The second kappa shape index (κ2) is 10.9.